The van der Waals surface area contributed by atoms with E-state index in [1.165, 1.54) is 12.8 Å². The summed E-state index contributed by atoms with van der Waals surface area (Å²) in [5, 5.41) is 1.81. The first-order valence-corrected chi connectivity index (χ1v) is 14.7. The van der Waals surface area contributed by atoms with Crippen LogP contribution in [-0.2, 0) is 0 Å². The molecule has 2 unspecified atom stereocenters. The van der Waals surface area contributed by atoms with E-state index >= 15 is 0 Å². The Morgan fingerprint density at radius 3 is 2.29 bits per heavy atom. The second-order valence-corrected chi connectivity index (χ2v) is 16.4. The van der Waals surface area contributed by atoms with Gasteiger partial charge in [-0.1, -0.05) is 33.7 Å². The minimum Gasteiger partial charge on any atom is -0.0879 e. The van der Waals surface area contributed by atoms with E-state index in [-0.39, 0.29) is 0 Å². The molecule has 1 aliphatic heterocycles. The van der Waals surface area contributed by atoms with E-state index in [0.29, 0.717) is 0 Å². The third kappa shape index (κ3) is 2.23. The summed E-state index contributed by atoms with van der Waals surface area (Å²) >= 11 is 0. The van der Waals surface area contributed by atoms with Crippen molar-refractivity contribution in [2.75, 3.05) is 0 Å². The smallest absolute Gasteiger partial charge is 0.0324 e. The van der Waals surface area contributed by atoms with Crippen LogP contribution >= 0.6 is 70.7 Å². The predicted molar refractivity (Wildman–Crippen MR) is 93.0 cm³/mol. The van der Waals surface area contributed by atoms with Crippen molar-refractivity contribution in [3.63, 3.8) is 0 Å². The van der Waals surface area contributed by atoms with Gasteiger partial charge in [0, 0.05) is 10.5 Å². The summed E-state index contributed by atoms with van der Waals surface area (Å²) in [6.45, 7) is 0. The van der Waals surface area contributed by atoms with Crippen molar-refractivity contribution in [2.45, 2.75) is 23.3 Å². The topological polar surface area (TPSA) is 0 Å². The Labute approximate surface area is 129 Å². The maximum absolute atomic E-state index is 2.54. The summed E-state index contributed by atoms with van der Waals surface area (Å²) < 4.78 is 0. The Morgan fingerprint density at radius 1 is 0.765 bits per heavy atom. The van der Waals surface area contributed by atoms with E-state index < -0.39 is 0 Å². The molecule has 1 heterocycles. The van der Waals surface area contributed by atoms with Gasteiger partial charge in [0.25, 0.3) is 0 Å². The van der Waals surface area contributed by atoms with Crippen molar-refractivity contribution < 1.29 is 0 Å². The fraction of sp³-hybridized carbons (Fsp3) is 0.800. The highest BCUT2D eigenvalue weighted by Crippen LogP contribution is 2.69. The Hall–Kier alpha value is 2.19. The van der Waals surface area contributed by atoms with Crippen molar-refractivity contribution >= 4 is 70.7 Å². The van der Waals surface area contributed by atoms with Gasteiger partial charge in [-0.2, -0.15) is 0 Å². The van der Waals surface area contributed by atoms with Gasteiger partial charge in [-0.15, -0.1) is 0 Å². The number of hydrogen-bond acceptors (Lipinski definition) is 7. The van der Waals surface area contributed by atoms with Gasteiger partial charge in [0.15, 0.2) is 0 Å². The van der Waals surface area contributed by atoms with Crippen molar-refractivity contribution in [3.8, 4) is 0 Å². The molecule has 4 aliphatic rings. The van der Waals surface area contributed by atoms with Gasteiger partial charge in [0.05, 0.1) is 0 Å². The average molecular weight is 357 g/mol. The lowest BCUT2D eigenvalue weighted by Crippen LogP contribution is -2.35. The summed E-state index contributed by atoms with van der Waals surface area (Å²) in [4.78, 5) is 0. The standard InChI is InChI=1S/C10H12S7/c1-2-5-6(3-1)8-4-7(5)9-10(8)12-14-16-17-15-13-11-9/h1-2,5-10H,3-4H2/t5-,6+,7+,8-,9?,10?/m0/s1. The SMILES string of the molecule is C1=C[C@H]2[C@@H](C1)[C@@H]1C[C@H]2C2SSSSSSSC21. The second kappa shape index (κ2) is 5.53. The summed E-state index contributed by atoms with van der Waals surface area (Å²) in [6, 6.07) is 0. The number of allylic oxidation sites excluding steroid dienone is 2. The largest absolute Gasteiger partial charge is 0.0879 e. The second-order valence-electron chi connectivity index (χ2n) is 4.93. The first-order chi connectivity index (χ1) is 8.45. The molecular formula is C10H12S7. The average Bonchev–Trinajstić information content (AvgIpc) is 3.00. The summed E-state index contributed by atoms with van der Waals surface area (Å²) in [5.74, 6) is 3.93. The maximum Gasteiger partial charge on any atom is 0.0324 e. The van der Waals surface area contributed by atoms with E-state index in [1.807, 2.05) is 49.1 Å². The summed E-state index contributed by atoms with van der Waals surface area (Å²) in [6.07, 6.45) is 7.87. The van der Waals surface area contributed by atoms with Crippen LogP contribution in [0.2, 0.25) is 0 Å². The van der Waals surface area contributed by atoms with Crippen LogP contribution in [0.25, 0.3) is 0 Å². The zero-order valence-electron chi connectivity index (χ0n) is 8.89. The Balaban J connectivity index is 1.58. The fourth-order valence-corrected chi connectivity index (χ4v) is 20.9. The third-order valence-electron chi connectivity index (χ3n) is 4.43. The molecule has 0 nitrogen and oxygen atoms in total. The molecule has 6 atom stereocenters. The van der Waals surface area contributed by atoms with Gasteiger partial charge < -0.3 is 0 Å². The molecule has 2 saturated carbocycles. The molecule has 1 saturated heterocycles. The third-order valence-corrected chi connectivity index (χ3v) is 18.6. The van der Waals surface area contributed by atoms with Crippen molar-refractivity contribution in [3.05, 3.63) is 12.2 Å². The minimum absolute atomic E-state index is 0.901. The van der Waals surface area contributed by atoms with Gasteiger partial charge in [-0.05, 0) is 85.6 Å². The normalized spacial score (nSPS) is 52.7. The lowest BCUT2D eigenvalue weighted by atomic mass is 9.81. The van der Waals surface area contributed by atoms with Gasteiger partial charge in [0.2, 0.25) is 0 Å². The van der Waals surface area contributed by atoms with Crippen molar-refractivity contribution in [1.82, 2.24) is 0 Å². The summed E-state index contributed by atoms with van der Waals surface area (Å²) in [7, 11) is 14.2. The van der Waals surface area contributed by atoms with Gasteiger partial charge >= 0.3 is 0 Å². The zero-order chi connectivity index (χ0) is 11.2. The van der Waals surface area contributed by atoms with E-state index in [0.717, 1.165) is 34.2 Å². The zero-order valence-corrected chi connectivity index (χ0v) is 14.6. The van der Waals surface area contributed by atoms with Gasteiger partial charge in [0.1, 0.15) is 0 Å². The van der Waals surface area contributed by atoms with Crippen LogP contribution in [0.4, 0.5) is 0 Å². The molecule has 3 fully saturated rings. The molecule has 0 N–H and O–H groups in total. The van der Waals surface area contributed by atoms with E-state index in [4.69, 9.17) is 0 Å². The molecule has 4 rings (SSSR count). The quantitative estimate of drug-likeness (QED) is 0.369. The molecule has 0 aromatic rings. The highest BCUT2D eigenvalue weighted by atomic mass is 33.9. The minimum atomic E-state index is 0.901. The molecule has 17 heavy (non-hydrogen) atoms. The first kappa shape index (κ1) is 12.9. The van der Waals surface area contributed by atoms with Crippen LogP contribution < -0.4 is 0 Å². The highest BCUT2D eigenvalue weighted by Gasteiger charge is 2.58. The molecule has 0 radical (unpaired) electrons. The first-order valence-electron chi connectivity index (χ1n) is 5.77. The lowest BCUT2D eigenvalue weighted by Gasteiger charge is -2.36. The summed E-state index contributed by atoms with van der Waals surface area (Å²) in [5.41, 5.74) is 0. The number of rotatable bonds is 0. The number of fused-ring (bicyclic) bond motifs is 8. The molecule has 2 bridgehead atoms. The van der Waals surface area contributed by atoms with Gasteiger partial charge in [-0.3, -0.25) is 0 Å². The number of hydrogen-bond donors (Lipinski definition) is 0. The van der Waals surface area contributed by atoms with Crippen LogP contribution in [0.5, 0.6) is 0 Å². The van der Waals surface area contributed by atoms with E-state index in [2.05, 4.69) is 33.7 Å². The Morgan fingerprint density at radius 2 is 1.47 bits per heavy atom. The van der Waals surface area contributed by atoms with Crippen LogP contribution in [0.15, 0.2) is 12.2 Å². The predicted octanol–water partition coefficient (Wildman–Crippen LogP) is 6.20. The molecule has 0 spiro atoms. The van der Waals surface area contributed by atoms with Crippen LogP contribution in [0.3, 0.4) is 0 Å². The van der Waals surface area contributed by atoms with Crippen LogP contribution in [0.1, 0.15) is 12.8 Å². The van der Waals surface area contributed by atoms with Crippen molar-refractivity contribution in [2.24, 2.45) is 23.7 Å². The Kier molecular flexibility index (Phi) is 4.19. The van der Waals surface area contributed by atoms with Crippen molar-refractivity contribution in [1.29, 1.82) is 0 Å². The van der Waals surface area contributed by atoms with E-state index in [9.17, 15) is 0 Å². The molecule has 94 valence electrons. The molecule has 0 amide bonds. The molecule has 3 aliphatic carbocycles. The monoisotopic (exact) mass is 356 g/mol. The van der Waals surface area contributed by atoms with Gasteiger partial charge in [-0.25, -0.2) is 0 Å². The maximum atomic E-state index is 2.54. The lowest BCUT2D eigenvalue weighted by molar-refractivity contribution is 0.300. The molecular weight excluding hydrogens is 345 g/mol. The van der Waals surface area contributed by atoms with Crippen LogP contribution in [0, 0.1) is 23.7 Å². The molecule has 0 aromatic heterocycles. The molecule has 7 heteroatoms. The fourth-order valence-electron chi connectivity index (χ4n) is 3.89. The highest BCUT2D eigenvalue weighted by molar-refractivity contribution is 9.46. The Bertz CT molecular complexity index is 333. The van der Waals surface area contributed by atoms with E-state index in [1.54, 1.807) is 0 Å². The molecule has 0 aromatic carbocycles. The van der Waals surface area contributed by atoms with Crippen LogP contribution in [-0.4, -0.2) is 10.5 Å².